The molecule has 1 unspecified atom stereocenters. The number of hydrogen-bond acceptors (Lipinski definition) is 3. The van der Waals surface area contributed by atoms with E-state index in [0.717, 1.165) is 39.0 Å². The smallest absolute Gasteiger partial charge is 0.257 e. The summed E-state index contributed by atoms with van der Waals surface area (Å²) < 4.78 is 5.02. The van der Waals surface area contributed by atoms with Crippen molar-refractivity contribution in [2.24, 2.45) is 0 Å². The zero-order valence-corrected chi connectivity index (χ0v) is 12.6. The molecule has 1 aromatic carbocycles. The Labute approximate surface area is 130 Å². The van der Waals surface area contributed by atoms with Crippen molar-refractivity contribution in [3.8, 4) is 0 Å². The fourth-order valence-electron chi connectivity index (χ4n) is 3.62. The van der Waals surface area contributed by atoms with Gasteiger partial charge in [-0.05, 0) is 30.0 Å². The molecule has 22 heavy (non-hydrogen) atoms. The molecule has 2 aliphatic heterocycles. The van der Waals surface area contributed by atoms with Gasteiger partial charge in [-0.25, -0.2) is 0 Å². The highest BCUT2D eigenvalue weighted by Crippen LogP contribution is 2.25. The maximum absolute atomic E-state index is 12.4. The van der Waals surface area contributed by atoms with Crippen molar-refractivity contribution in [2.45, 2.75) is 25.4 Å². The third-order valence-corrected chi connectivity index (χ3v) is 4.90. The minimum absolute atomic E-state index is 0.0914. The fourth-order valence-corrected chi connectivity index (χ4v) is 3.62. The molecule has 4 heteroatoms. The van der Waals surface area contributed by atoms with Crippen LogP contribution >= 0.6 is 0 Å². The van der Waals surface area contributed by atoms with Crippen LogP contribution in [0.1, 0.15) is 27.9 Å². The molecule has 1 fully saturated rings. The lowest BCUT2D eigenvalue weighted by Gasteiger charge is -2.33. The Morgan fingerprint density at radius 2 is 2.00 bits per heavy atom. The standard InChI is InChI=1S/C18H20N2O2/c21-18(16-7-10-22-13-16)20-9-6-17(12-20)19-8-5-14-3-1-2-4-15(14)11-19/h1-4,7,10,13,17H,5-6,8-9,11-12H2. The van der Waals surface area contributed by atoms with Crippen LogP contribution in [0, 0.1) is 0 Å². The monoisotopic (exact) mass is 296 g/mol. The van der Waals surface area contributed by atoms with Crippen molar-refractivity contribution < 1.29 is 9.21 Å². The van der Waals surface area contributed by atoms with Crippen LogP contribution < -0.4 is 0 Å². The highest BCUT2D eigenvalue weighted by atomic mass is 16.3. The molecular weight excluding hydrogens is 276 g/mol. The molecule has 0 aliphatic carbocycles. The van der Waals surface area contributed by atoms with Crippen molar-refractivity contribution in [3.63, 3.8) is 0 Å². The SMILES string of the molecule is O=C(c1ccoc1)N1CCC(N2CCc3ccccc3C2)C1. The highest BCUT2D eigenvalue weighted by molar-refractivity contribution is 5.94. The largest absolute Gasteiger partial charge is 0.472 e. The van der Waals surface area contributed by atoms with E-state index in [-0.39, 0.29) is 5.91 Å². The van der Waals surface area contributed by atoms with Crippen LogP contribution in [0.5, 0.6) is 0 Å². The predicted octanol–water partition coefficient (Wildman–Crippen LogP) is 2.55. The number of furan rings is 1. The van der Waals surface area contributed by atoms with Gasteiger partial charge in [-0.3, -0.25) is 9.69 Å². The number of rotatable bonds is 2. The minimum atomic E-state index is 0.0914. The van der Waals surface area contributed by atoms with Crippen LogP contribution in [0.3, 0.4) is 0 Å². The molecule has 0 radical (unpaired) electrons. The topological polar surface area (TPSA) is 36.7 Å². The minimum Gasteiger partial charge on any atom is -0.472 e. The molecular formula is C18H20N2O2. The van der Waals surface area contributed by atoms with E-state index < -0.39 is 0 Å². The molecule has 4 rings (SSSR count). The van der Waals surface area contributed by atoms with E-state index in [2.05, 4.69) is 29.2 Å². The normalized spacial score (nSPS) is 21.8. The molecule has 1 aromatic heterocycles. The van der Waals surface area contributed by atoms with Crippen molar-refractivity contribution in [2.75, 3.05) is 19.6 Å². The molecule has 2 aliphatic rings. The van der Waals surface area contributed by atoms with E-state index in [1.807, 2.05) is 4.90 Å². The van der Waals surface area contributed by atoms with Gasteiger partial charge in [-0.15, -0.1) is 0 Å². The van der Waals surface area contributed by atoms with Gasteiger partial charge in [0.15, 0.2) is 0 Å². The number of hydrogen-bond donors (Lipinski definition) is 0. The molecule has 4 nitrogen and oxygen atoms in total. The van der Waals surface area contributed by atoms with Crippen molar-refractivity contribution in [1.29, 1.82) is 0 Å². The van der Waals surface area contributed by atoms with Crippen molar-refractivity contribution in [3.05, 3.63) is 59.5 Å². The Morgan fingerprint density at radius 3 is 2.82 bits per heavy atom. The molecule has 2 aromatic rings. The zero-order valence-electron chi connectivity index (χ0n) is 12.6. The summed E-state index contributed by atoms with van der Waals surface area (Å²) in [6.45, 7) is 3.77. The molecule has 1 saturated heterocycles. The summed E-state index contributed by atoms with van der Waals surface area (Å²) >= 11 is 0. The summed E-state index contributed by atoms with van der Waals surface area (Å²) in [6.07, 6.45) is 5.27. The van der Waals surface area contributed by atoms with Gasteiger partial charge in [0, 0.05) is 32.2 Å². The number of likely N-dealkylation sites (tertiary alicyclic amines) is 1. The van der Waals surface area contributed by atoms with Gasteiger partial charge >= 0.3 is 0 Å². The van der Waals surface area contributed by atoms with E-state index in [0.29, 0.717) is 11.6 Å². The molecule has 114 valence electrons. The predicted molar refractivity (Wildman–Crippen MR) is 83.6 cm³/mol. The number of nitrogens with zero attached hydrogens (tertiary/aromatic N) is 2. The van der Waals surface area contributed by atoms with Gasteiger partial charge in [-0.1, -0.05) is 24.3 Å². The van der Waals surface area contributed by atoms with Gasteiger partial charge < -0.3 is 9.32 Å². The summed E-state index contributed by atoms with van der Waals surface area (Å²) in [4.78, 5) is 16.9. The first-order valence-electron chi connectivity index (χ1n) is 7.93. The van der Waals surface area contributed by atoms with Gasteiger partial charge in [0.1, 0.15) is 6.26 Å². The van der Waals surface area contributed by atoms with Gasteiger partial charge in [0.25, 0.3) is 5.91 Å². The summed E-state index contributed by atoms with van der Waals surface area (Å²) in [5, 5.41) is 0. The molecule has 0 bridgehead atoms. The van der Waals surface area contributed by atoms with Crippen LogP contribution in [0.25, 0.3) is 0 Å². The van der Waals surface area contributed by atoms with Crippen LogP contribution in [0.4, 0.5) is 0 Å². The van der Waals surface area contributed by atoms with Crippen molar-refractivity contribution in [1.82, 2.24) is 9.80 Å². The van der Waals surface area contributed by atoms with Crippen LogP contribution in [0.15, 0.2) is 47.3 Å². The average molecular weight is 296 g/mol. The number of benzene rings is 1. The Kier molecular flexibility index (Phi) is 3.47. The second-order valence-corrected chi connectivity index (χ2v) is 6.19. The Bertz CT molecular complexity index is 665. The number of carbonyl (C=O) groups excluding carboxylic acids is 1. The van der Waals surface area contributed by atoms with E-state index in [1.54, 1.807) is 12.3 Å². The van der Waals surface area contributed by atoms with Crippen LogP contribution in [-0.2, 0) is 13.0 Å². The van der Waals surface area contributed by atoms with Gasteiger partial charge in [0.2, 0.25) is 0 Å². The molecule has 0 spiro atoms. The number of amides is 1. The Balaban J connectivity index is 1.42. The lowest BCUT2D eigenvalue weighted by molar-refractivity contribution is 0.0772. The quantitative estimate of drug-likeness (QED) is 0.854. The first-order chi connectivity index (χ1) is 10.8. The lowest BCUT2D eigenvalue weighted by Crippen LogP contribution is -2.41. The van der Waals surface area contributed by atoms with E-state index >= 15 is 0 Å². The maximum Gasteiger partial charge on any atom is 0.257 e. The van der Waals surface area contributed by atoms with Crippen LogP contribution in [0.2, 0.25) is 0 Å². The van der Waals surface area contributed by atoms with E-state index in [9.17, 15) is 4.79 Å². The number of carbonyl (C=O) groups is 1. The Hall–Kier alpha value is -2.07. The molecule has 0 N–H and O–H groups in total. The van der Waals surface area contributed by atoms with Gasteiger partial charge in [-0.2, -0.15) is 0 Å². The number of fused-ring (bicyclic) bond motifs is 1. The fraction of sp³-hybridized carbons (Fsp3) is 0.389. The third-order valence-electron chi connectivity index (χ3n) is 4.90. The summed E-state index contributed by atoms with van der Waals surface area (Å²) in [6, 6.07) is 10.9. The first-order valence-corrected chi connectivity index (χ1v) is 7.93. The summed E-state index contributed by atoms with van der Waals surface area (Å²) in [7, 11) is 0. The van der Waals surface area contributed by atoms with E-state index in [4.69, 9.17) is 4.42 Å². The average Bonchev–Trinajstić information content (AvgIpc) is 3.25. The second kappa shape index (κ2) is 5.61. The lowest BCUT2D eigenvalue weighted by atomic mass is 9.98. The van der Waals surface area contributed by atoms with E-state index in [1.165, 1.54) is 17.4 Å². The Morgan fingerprint density at radius 1 is 1.14 bits per heavy atom. The second-order valence-electron chi connectivity index (χ2n) is 6.19. The molecule has 1 atom stereocenters. The van der Waals surface area contributed by atoms with Crippen LogP contribution in [-0.4, -0.2) is 41.4 Å². The van der Waals surface area contributed by atoms with Crippen molar-refractivity contribution >= 4 is 5.91 Å². The third kappa shape index (κ3) is 2.44. The highest BCUT2D eigenvalue weighted by Gasteiger charge is 2.32. The molecule has 1 amide bonds. The summed E-state index contributed by atoms with van der Waals surface area (Å²) in [5.41, 5.74) is 3.57. The summed E-state index contributed by atoms with van der Waals surface area (Å²) in [5.74, 6) is 0.0914. The molecule has 0 saturated carbocycles. The first kappa shape index (κ1) is 13.6. The van der Waals surface area contributed by atoms with Gasteiger partial charge in [0.05, 0.1) is 11.8 Å². The maximum atomic E-state index is 12.4. The molecule has 3 heterocycles. The zero-order chi connectivity index (χ0) is 14.9.